The first-order valence-electron chi connectivity index (χ1n) is 9.37. The van der Waals surface area contributed by atoms with Gasteiger partial charge in [-0.25, -0.2) is 18.1 Å². The van der Waals surface area contributed by atoms with E-state index in [4.69, 9.17) is 5.73 Å². The van der Waals surface area contributed by atoms with Crippen molar-refractivity contribution in [2.24, 2.45) is 10.7 Å². The summed E-state index contributed by atoms with van der Waals surface area (Å²) in [5.74, 6) is 0.431. The number of guanidine groups is 1. The summed E-state index contributed by atoms with van der Waals surface area (Å²) in [4.78, 5) is 7.11. The van der Waals surface area contributed by atoms with Gasteiger partial charge in [0.05, 0.1) is 11.4 Å². The SMILES string of the molecule is CCN1CCCC1CNC(N)=NCc1ccc(S(=O)(=O)NC2CC2)cc1. The third-order valence-corrected chi connectivity index (χ3v) is 6.53. The van der Waals surface area contributed by atoms with Crippen LogP contribution in [0.1, 0.15) is 38.2 Å². The molecular weight excluding hydrogens is 350 g/mol. The maximum absolute atomic E-state index is 12.1. The monoisotopic (exact) mass is 379 g/mol. The minimum Gasteiger partial charge on any atom is -0.370 e. The molecule has 7 nitrogen and oxygen atoms in total. The lowest BCUT2D eigenvalue weighted by atomic mass is 10.2. The van der Waals surface area contributed by atoms with Crippen molar-refractivity contribution in [1.29, 1.82) is 0 Å². The molecule has 1 atom stereocenters. The Balaban J connectivity index is 1.49. The highest BCUT2D eigenvalue weighted by Crippen LogP contribution is 2.22. The number of hydrogen-bond acceptors (Lipinski definition) is 4. The summed E-state index contributed by atoms with van der Waals surface area (Å²) in [5.41, 5.74) is 6.89. The van der Waals surface area contributed by atoms with Gasteiger partial charge < -0.3 is 11.1 Å². The van der Waals surface area contributed by atoms with Gasteiger partial charge in [-0.15, -0.1) is 0 Å². The Hall–Kier alpha value is -1.64. The zero-order valence-corrected chi connectivity index (χ0v) is 16.1. The predicted molar refractivity (Wildman–Crippen MR) is 103 cm³/mol. The van der Waals surface area contributed by atoms with Crippen molar-refractivity contribution in [2.45, 2.75) is 56.1 Å². The minimum absolute atomic E-state index is 0.110. The normalized spacial score (nSPS) is 21.9. The van der Waals surface area contributed by atoms with E-state index < -0.39 is 10.0 Å². The van der Waals surface area contributed by atoms with E-state index in [0.29, 0.717) is 23.4 Å². The topological polar surface area (TPSA) is 99.8 Å². The van der Waals surface area contributed by atoms with Gasteiger partial charge in [-0.3, -0.25) is 4.90 Å². The van der Waals surface area contributed by atoms with Gasteiger partial charge in [-0.05, 0) is 56.5 Å². The molecule has 144 valence electrons. The molecule has 1 saturated heterocycles. The molecule has 26 heavy (non-hydrogen) atoms. The summed E-state index contributed by atoms with van der Waals surface area (Å²) in [7, 11) is -3.40. The largest absolute Gasteiger partial charge is 0.370 e. The van der Waals surface area contributed by atoms with E-state index >= 15 is 0 Å². The Morgan fingerprint density at radius 1 is 1.27 bits per heavy atom. The predicted octanol–water partition coefficient (Wildman–Crippen LogP) is 1.02. The van der Waals surface area contributed by atoms with Crippen molar-refractivity contribution in [3.8, 4) is 0 Å². The molecule has 1 unspecified atom stereocenters. The first-order valence-corrected chi connectivity index (χ1v) is 10.9. The van der Waals surface area contributed by atoms with Crippen molar-refractivity contribution in [3.63, 3.8) is 0 Å². The first-order chi connectivity index (χ1) is 12.5. The summed E-state index contributed by atoms with van der Waals surface area (Å²) in [5, 5.41) is 3.20. The zero-order valence-electron chi connectivity index (χ0n) is 15.3. The molecule has 8 heteroatoms. The van der Waals surface area contributed by atoms with Crippen molar-refractivity contribution >= 4 is 16.0 Å². The molecule has 3 rings (SSSR count). The highest BCUT2D eigenvalue weighted by Gasteiger charge is 2.27. The zero-order chi connectivity index (χ0) is 18.6. The summed E-state index contributed by atoms with van der Waals surface area (Å²) in [6.07, 6.45) is 4.28. The Bertz CT molecular complexity index is 728. The number of rotatable bonds is 8. The van der Waals surface area contributed by atoms with Crippen LogP contribution in [-0.4, -0.2) is 51.0 Å². The van der Waals surface area contributed by atoms with Crippen LogP contribution in [-0.2, 0) is 16.6 Å². The highest BCUT2D eigenvalue weighted by molar-refractivity contribution is 7.89. The van der Waals surface area contributed by atoms with Gasteiger partial charge in [0.1, 0.15) is 0 Å². The van der Waals surface area contributed by atoms with E-state index in [1.807, 2.05) is 0 Å². The second-order valence-electron chi connectivity index (χ2n) is 7.05. The Morgan fingerprint density at radius 3 is 2.65 bits per heavy atom. The van der Waals surface area contributed by atoms with Crippen LogP contribution in [0.2, 0.25) is 0 Å². The molecule has 4 N–H and O–H groups in total. The quantitative estimate of drug-likeness (QED) is 0.462. The average molecular weight is 380 g/mol. The number of aliphatic imine (C=N–C) groups is 1. The fourth-order valence-electron chi connectivity index (χ4n) is 3.26. The summed E-state index contributed by atoms with van der Waals surface area (Å²) in [6, 6.07) is 7.45. The van der Waals surface area contributed by atoms with Gasteiger partial charge in [0.2, 0.25) is 10.0 Å². The molecule has 1 heterocycles. The minimum atomic E-state index is -3.40. The molecule has 0 radical (unpaired) electrons. The van der Waals surface area contributed by atoms with Crippen molar-refractivity contribution in [3.05, 3.63) is 29.8 Å². The maximum atomic E-state index is 12.1. The van der Waals surface area contributed by atoms with Gasteiger partial charge in [0.25, 0.3) is 0 Å². The van der Waals surface area contributed by atoms with Crippen molar-refractivity contribution in [2.75, 3.05) is 19.6 Å². The highest BCUT2D eigenvalue weighted by atomic mass is 32.2. The standard InChI is InChI=1S/C18H29N5O2S/c1-2-23-11-3-4-16(23)13-21-18(19)20-12-14-5-9-17(10-6-14)26(24,25)22-15-7-8-15/h5-6,9-10,15-16,22H,2-4,7-8,11-13H2,1H3,(H3,19,20,21). The van der Waals surface area contributed by atoms with Crippen molar-refractivity contribution < 1.29 is 8.42 Å². The molecule has 2 aliphatic rings. The number of hydrogen-bond donors (Lipinski definition) is 3. The molecule has 2 fully saturated rings. The molecule has 1 aromatic carbocycles. The van der Waals surface area contributed by atoms with E-state index in [0.717, 1.165) is 38.0 Å². The summed E-state index contributed by atoms with van der Waals surface area (Å²) in [6.45, 7) is 5.64. The number of benzene rings is 1. The molecule has 0 bridgehead atoms. The summed E-state index contributed by atoms with van der Waals surface area (Å²) < 4.78 is 27.0. The first kappa shape index (κ1) is 19.1. The number of nitrogens with one attached hydrogen (secondary N) is 2. The lowest BCUT2D eigenvalue weighted by molar-refractivity contribution is 0.267. The van der Waals surface area contributed by atoms with Crippen LogP contribution in [0.3, 0.4) is 0 Å². The van der Waals surface area contributed by atoms with Gasteiger partial charge >= 0.3 is 0 Å². The molecule has 0 aromatic heterocycles. The molecule has 1 aliphatic carbocycles. The number of likely N-dealkylation sites (N-methyl/N-ethyl adjacent to an activating group) is 1. The third-order valence-electron chi connectivity index (χ3n) is 4.99. The Morgan fingerprint density at radius 2 is 2.00 bits per heavy atom. The van der Waals surface area contributed by atoms with Crippen LogP contribution in [0.5, 0.6) is 0 Å². The van der Waals surface area contributed by atoms with Crippen molar-refractivity contribution in [1.82, 2.24) is 14.9 Å². The number of likely N-dealkylation sites (tertiary alicyclic amines) is 1. The second-order valence-corrected chi connectivity index (χ2v) is 8.76. The molecule has 0 amide bonds. The van der Waals surface area contributed by atoms with E-state index in [9.17, 15) is 8.42 Å². The van der Waals surface area contributed by atoms with Gasteiger partial charge in [-0.2, -0.15) is 0 Å². The Kier molecular flexibility index (Phi) is 6.16. The van der Waals surface area contributed by atoms with E-state index in [1.165, 1.54) is 12.8 Å². The third kappa shape index (κ3) is 5.18. The van der Waals surface area contributed by atoms with E-state index in [1.54, 1.807) is 24.3 Å². The number of nitrogens with zero attached hydrogens (tertiary/aromatic N) is 2. The summed E-state index contributed by atoms with van der Waals surface area (Å²) >= 11 is 0. The molecule has 1 aromatic rings. The maximum Gasteiger partial charge on any atom is 0.240 e. The van der Waals surface area contributed by atoms with Crippen LogP contribution in [0.15, 0.2) is 34.2 Å². The van der Waals surface area contributed by atoms with Crippen LogP contribution in [0.25, 0.3) is 0 Å². The Labute approximate surface area is 156 Å². The van der Waals surface area contributed by atoms with Gasteiger partial charge in [0.15, 0.2) is 5.96 Å². The van der Waals surface area contributed by atoms with Gasteiger partial charge in [0, 0.05) is 18.6 Å². The second kappa shape index (κ2) is 8.37. The van der Waals surface area contributed by atoms with Gasteiger partial charge in [-0.1, -0.05) is 19.1 Å². The fourth-order valence-corrected chi connectivity index (χ4v) is 4.57. The number of nitrogens with two attached hydrogens (primary N) is 1. The number of sulfonamides is 1. The van der Waals surface area contributed by atoms with Crippen LogP contribution < -0.4 is 15.8 Å². The lowest BCUT2D eigenvalue weighted by Crippen LogP contribution is -2.42. The molecule has 0 spiro atoms. The van der Waals surface area contributed by atoms with Crippen LogP contribution in [0.4, 0.5) is 0 Å². The molecular formula is C18H29N5O2S. The van der Waals surface area contributed by atoms with E-state index in [-0.39, 0.29) is 6.04 Å². The molecule has 1 aliphatic heterocycles. The van der Waals surface area contributed by atoms with Crippen LogP contribution in [0, 0.1) is 0 Å². The molecule has 1 saturated carbocycles. The van der Waals surface area contributed by atoms with Crippen LogP contribution >= 0.6 is 0 Å². The lowest BCUT2D eigenvalue weighted by Gasteiger charge is -2.23. The smallest absolute Gasteiger partial charge is 0.240 e. The average Bonchev–Trinajstić information content (AvgIpc) is 3.31. The van der Waals surface area contributed by atoms with E-state index in [2.05, 4.69) is 26.9 Å². The fraction of sp³-hybridized carbons (Fsp3) is 0.611.